The molecular weight excluding hydrogens is 371 g/mol. The van der Waals surface area contributed by atoms with Crippen LogP contribution in [0.2, 0.25) is 0 Å². The van der Waals surface area contributed by atoms with Gasteiger partial charge in [0.1, 0.15) is 17.3 Å². The topological polar surface area (TPSA) is 82.0 Å². The molecule has 7 heteroatoms. The first-order valence-electron chi connectivity index (χ1n) is 9.98. The van der Waals surface area contributed by atoms with E-state index in [1.54, 1.807) is 17.0 Å². The lowest BCUT2D eigenvalue weighted by Crippen LogP contribution is -2.41. The maximum Gasteiger partial charge on any atom is 0.411 e. The molecule has 1 N–H and O–H groups in total. The molecule has 1 spiro atoms. The van der Waals surface area contributed by atoms with Crippen molar-refractivity contribution in [3.63, 3.8) is 0 Å². The number of carbonyl (C=O) groups excluding carboxylic acids is 1. The number of H-pyrrole nitrogens is 1. The van der Waals surface area contributed by atoms with Gasteiger partial charge in [0.2, 0.25) is 0 Å². The highest BCUT2D eigenvalue weighted by Crippen LogP contribution is 2.43. The van der Waals surface area contributed by atoms with Gasteiger partial charge < -0.3 is 9.72 Å². The molecule has 0 bridgehead atoms. The fraction of sp³-hybridized carbons (Fsp3) is 0.409. The van der Waals surface area contributed by atoms with Crippen LogP contribution in [-0.2, 0) is 4.74 Å². The predicted molar refractivity (Wildman–Crippen MR) is 105 cm³/mol. The van der Waals surface area contributed by atoms with Crippen LogP contribution < -0.4 is 0 Å². The van der Waals surface area contributed by atoms with Gasteiger partial charge >= 0.3 is 6.09 Å². The number of amides is 1. The Bertz CT molecular complexity index is 1070. The summed E-state index contributed by atoms with van der Waals surface area (Å²) >= 11 is 0. The molecule has 1 aromatic carbocycles. The van der Waals surface area contributed by atoms with Crippen molar-refractivity contribution in [2.45, 2.75) is 49.7 Å². The fourth-order valence-corrected chi connectivity index (χ4v) is 4.69. The summed E-state index contributed by atoms with van der Waals surface area (Å²) in [4.78, 5) is 22.3. The number of rotatable bonds is 2. The number of aromatic amines is 1. The smallest absolute Gasteiger partial charge is 0.411 e. The Labute approximate surface area is 167 Å². The zero-order chi connectivity index (χ0) is 20.0. The Balaban J connectivity index is 1.27. The van der Waals surface area contributed by atoms with Crippen LogP contribution in [0.1, 0.15) is 49.4 Å². The van der Waals surface area contributed by atoms with E-state index in [-0.39, 0.29) is 23.9 Å². The number of nitriles is 1. The molecule has 29 heavy (non-hydrogen) atoms. The second-order valence-electron chi connectivity index (χ2n) is 8.17. The van der Waals surface area contributed by atoms with Gasteiger partial charge in [-0.05, 0) is 62.5 Å². The first-order chi connectivity index (χ1) is 14.0. The number of ether oxygens (including phenoxy) is 1. The predicted octanol–water partition coefficient (Wildman–Crippen LogP) is 4.47. The number of halogens is 1. The van der Waals surface area contributed by atoms with Crippen LogP contribution in [0.3, 0.4) is 0 Å². The summed E-state index contributed by atoms with van der Waals surface area (Å²) in [6.45, 7) is 0.550. The lowest BCUT2D eigenvalue weighted by atomic mass is 9.78. The maximum absolute atomic E-state index is 13.2. The lowest BCUT2D eigenvalue weighted by molar-refractivity contribution is 0.0207. The highest BCUT2D eigenvalue weighted by Gasteiger charge is 2.49. The zero-order valence-electron chi connectivity index (χ0n) is 15.9. The average Bonchev–Trinajstić information content (AvgIpc) is 3.29. The van der Waals surface area contributed by atoms with Crippen LogP contribution in [0.15, 0.2) is 42.3 Å². The van der Waals surface area contributed by atoms with Gasteiger partial charge in [-0.2, -0.15) is 5.26 Å². The minimum atomic E-state index is -0.457. The van der Waals surface area contributed by atoms with Crippen molar-refractivity contribution in [1.29, 1.82) is 5.26 Å². The van der Waals surface area contributed by atoms with E-state index in [4.69, 9.17) is 15.0 Å². The number of carbonyl (C=O) groups is 1. The monoisotopic (exact) mass is 392 g/mol. The normalized spacial score (nSPS) is 29.2. The molecule has 0 radical (unpaired) electrons. The van der Waals surface area contributed by atoms with Crippen LogP contribution in [0.4, 0.5) is 9.18 Å². The van der Waals surface area contributed by atoms with E-state index in [2.05, 4.69) is 11.1 Å². The van der Waals surface area contributed by atoms with E-state index in [0.717, 1.165) is 42.5 Å². The summed E-state index contributed by atoms with van der Waals surface area (Å²) in [5, 5.41) is 9.06. The summed E-state index contributed by atoms with van der Waals surface area (Å²) < 4.78 is 19.1. The Hall–Kier alpha value is -3.14. The first kappa shape index (κ1) is 17.9. The number of nitrogens with zero attached hydrogens (tertiary/aromatic N) is 3. The second-order valence-corrected chi connectivity index (χ2v) is 8.17. The van der Waals surface area contributed by atoms with Gasteiger partial charge in [0.15, 0.2) is 0 Å². The van der Waals surface area contributed by atoms with Gasteiger partial charge in [0.25, 0.3) is 0 Å². The summed E-state index contributed by atoms with van der Waals surface area (Å²) in [6.07, 6.45) is 8.17. The molecule has 2 fully saturated rings. The molecule has 1 aromatic heterocycles. The maximum atomic E-state index is 13.2. The number of hydrogen-bond acceptors (Lipinski definition) is 4. The van der Waals surface area contributed by atoms with Gasteiger partial charge in [-0.15, -0.1) is 0 Å². The van der Waals surface area contributed by atoms with Gasteiger partial charge in [0.05, 0.1) is 35.3 Å². The van der Waals surface area contributed by atoms with E-state index in [1.165, 1.54) is 12.2 Å². The molecule has 1 saturated heterocycles. The van der Waals surface area contributed by atoms with Gasteiger partial charge in [0, 0.05) is 5.92 Å². The van der Waals surface area contributed by atoms with Crippen molar-refractivity contribution in [3.05, 3.63) is 53.6 Å². The molecule has 2 aromatic rings. The van der Waals surface area contributed by atoms with Crippen LogP contribution in [0.5, 0.6) is 0 Å². The number of aromatic nitrogens is 2. The fourth-order valence-electron chi connectivity index (χ4n) is 4.69. The minimum absolute atomic E-state index is 0.135. The van der Waals surface area contributed by atoms with Crippen LogP contribution in [0.25, 0.3) is 11.0 Å². The SMILES string of the molecule is N#Cc1ccc2nc(C3CCC4(CC3)CN(C3C=CC(F)=CC3)C(=O)O4)[nH]c2c1. The van der Waals surface area contributed by atoms with Crippen molar-refractivity contribution in [1.82, 2.24) is 14.9 Å². The third-order valence-corrected chi connectivity index (χ3v) is 6.34. The third-order valence-electron chi connectivity index (χ3n) is 6.34. The van der Waals surface area contributed by atoms with Crippen molar-refractivity contribution in [2.24, 2.45) is 0 Å². The molecule has 1 atom stereocenters. The molecule has 1 saturated carbocycles. The Morgan fingerprint density at radius 1 is 1.34 bits per heavy atom. The second kappa shape index (κ2) is 6.73. The standard InChI is InChI=1S/C22H21FN4O2/c23-16-2-4-17(5-3-16)27-13-22(29-21(27)28)9-7-15(8-10-22)20-25-18-6-1-14(12-24)11-19(18)26-20/h1-4,6,11,15,17H,5,7-10,13H2,(H,25,26). The molecule has 1 amide bonds. The largest absolute Gasteiger partial charge is 0.441 e. The van der Waals surface area contributed by atoms with Crippen molar-refractivity contribution < 1.29 is 13.9 Å². The van der Waals surface area contributed by atoms with Crippen LogP contribution in [0, 0.1) is 11.3 Å². The number of hydrogen-bond donors (Lipinski definition) is 1. The Morgan fingerprint density at radius 3 is 2.90 bits per heavy atom. The Morgan fingerprint density at radius 2 is 2.17 bits per heavy atom. The molecule has 5 rings (SSSR count). The summed E-state index contributed by atoms with van der Waals surface area (Å²) in [7, 11) is 0. The van der Waals surface area contributed by atoms with E-state index >= 15 is 0 Å². The molecule has 6 nitrogen and oxygen atoms in total. The number of nitrogens with one attached hydrogen (secondary N) is 1. The third kappa shape index (κ3) is 3.19. The molecule has 148 valence electrons. The van der Waals surface area contributed by atoms with E-state index < -0.39 is 5.60 Å². The summed E-state index contributed by atoms with van der Waals surface area (Å²) in [6, 6.07) is 7.47. The lowest BCUT2D eigenvalue weighted by Gasteiger charge is -2.35. The minimum Gasteiger partial charge on any atom is -0.441 e. The number of allylic oxidation sites excluding steroid dienone is 2. The molecule has 3 aliphatic rings. The number of benzene rings is 1. The van der Waals surface area contributed by atoms with E-state index in [1.807, 2.05) is 12.1 Å². The highest BCUT2D eigenvalue weighted by molar-refractivity contribution is 5.77. The molecule has 1 unspecified atom stereocenters. The van der Waals surface area contributed by atoms with Gasteiger partial charge in [-0.25, -0.2) is 14.2 Å². The van der Waals surface area contributed by atoms with Crippen LogP contribution >= 0.6 is 0 Å². The van der Waals surface area contributed by atoms with Crippen molar-refractivity contribution in [2.75, 3.05) is 6.54 Å². The van der Waals surface area contributed by atoms with Crippen molar-refractivity contribution in [3.8, 4) is 6.07 Å². The molecule has 2 aliphatic carbocycles. The van der Waals surface area contributed by atoms with E-state index in [9.17, 15) is 9.18 Å². The summed E-state index contributed by atoms with van der Waals surface area (Å²) in [5.74, 6) is 0.955. The number of imidazole rings is 1. The highest BCUT2D eigenvalue weighted by atomic mass is 19.1. The Kier molecular flexibility index (Phi) is 4.16. The zero-order valence-corrected chi connectivity index (χ0v) is 15.9. The first-order valence-corrected chi connectivity index (χ1v) is 9.98. The number of fused-ring (bicyclic) bond motifs is 1. The average molecular weight is 392 g/mol. The molecule has 1 aliphatic heterocycles. The molecule has 2 heterocycles. The summed E-state index contributed by atoms with van der Waals surface area (Å²) in [5.41, 5.74) is 1.89. The van der Waals surface area contributed by atoms with Gasteiger partial charge in [-0.1, -0.05) is 6.08 Å². The molecular formula is C22H21FN4O2. The van der Waals surface area contributed by atoms with Gasteiger partial charge in [-0.3, -0.25) is 4.90 Å². The van der Waals surface area contributed by atoms with Crippen molar-refractivity contribution >= 4 is 17.1 Å². The van der Waals surface area contributed by atoms with E-state index in [0.29, 0.717) is 18.5 Å². The quantitative estimate of drug-likeness (QED) is 0.818. The van der Waals surface area contributed by atoms with Crippen LogP contribution in [-0.4, -0.2) is 39.1 Å².